The molecular weight excluding hydrogens is 196 g/mol. The van der Waals surface area contributed by atoms with Gasteiger partial charge in [0.2, 0.25) is 0 Å². The standard InChI is InChI=1S/C9H14N4S/c1-3-10-9(14)12-11-7-8-5-4-6-13(8)2/h4-7H,3H2,1-2H3,(H2,10,12,14). The zero-order valence-electron chi connectivity index (χ0n) is 8.32. The Bertz CT molecular complexity index is 329. The van der Waals surface area contributed by atoms with E-state index in [0.717, 1.165) is 12.2 Å². The van der Waals surface area contributed by atoms with Crippen LogP contribution in [0.5, 0.6) is 0 Å². The highest BCUT2D eigenvalue weighted by Gasteiger charge is 1.91. The quantitative estimate of drug-likeness (QED) is 0.441. The molecule has 0 saturated carbocycles. The predicted octanol–water partition coefficient (Wildman–Crippen LogP) is 0.843. The summed E-state index contributed by atoms with van der Waals surface area (Å²) in [6.07, 6.45) is 3.69. The van der Waals surface area contributed by atoms with E-state index in [9.17, 15) is 0 Å². The molecular formula is C9H14N4S. The second-order valence-corrected chi connectivity index (χ2v) is 3.18. The van der Waals surface area contributed by atoms with Crippen molar-refractivity contribution in [1.29, 1.82) is 0 Å². The SMILES string of the molecule is CCNC(=S)NN=Cc1cccn1C. The molecule has 1 rings (SSSR count). The van der Waals surface area contributed by atoms with Crippen molar-refractivity contribution in [3.05, 3.63) is 24.0 Å². The molecule has 0 saturated heterocycles. The number of hydrazone groups is 1. The molecule has 0 fully saturated rings. The minimum atomic E-state index is 0.540. The van der Waals surface area contributed by atoms with E-state index in [-0.39, 0.29) is 0 Å². The van der Waals surface area contributed by atoms with Crippen LogP contribution in [0.2, 0.25) is 0 Å². The van der Waals surface area contributed by atoms with Gasteiger partial charge >= 0.3 is 0 Å². The first-order valence-electron chi connectivity index (χ1n) is 4.42. The van der Waals surface area contributed by atoms with Crippen LogP contribution in [-0.4, -0.2) is 22.4 Å². The van der Waals surface area contributed by atoms with Crippen LogP contribution in [0.4, 0.5) is 0 Å². The van der Waals surface area contributed by atoms with Crippen LogP contribution >= 0.6 is 12.2 Å². The number of rotatable bonds is 3. The van der Waals surface area contributed by atoms with Gasteiger partial charge in [-0.3, -0.25) is 5.43 Å². The molecule has 0 aliphatic carbocycles. The van der Waals surface area contributed by atoms with Crippen molar-refractivity contribution in [2.45, 2.75) is 6.92 Å². The number of aryl methyl sites for hydroxylation is 1. The Morgan fingerprint density at radius 1 is 1.71 bits per heavy atom. The van der Waals surface area contributed by atoms with E-state index in [4.69, 9.17) is 12.2 Å². The summed E-state index contributed by atoms with van der Waals surface area (Å²) >= 11 is 4.94. The van der Waals surface area contributed by atoms with Gasteiger partial charge in [-0.1, -0.05) is 0 Å². The molecule has 0 bridgehead atoms. The van der Waals surface area contributed by atoms with Crippen molar-refractivity contribution in [2.75, 3.05) is 6.54 Å². The predicted molar refractivity (Wildman–Crippen MR) is 62.4 cm³/mol. The summed E-state index contributed by atoms with van der Waals surface area (Å²) in [5, 5.41) is 7.47. The molecule has 4 nitrogen and oxygen atoms in total. The first-order chi connectivity index (χ1) is 6.74. The van der Waals surface area contributed by atoms with Gasteiger partial charge in [0, 0.05) is 19.8 Å². The van der Waals surface area contributed by atoms with E-state index < -0.39 is 0 Å². The number of hydrogen-bond acceptors (Lipinski definition) is 2. The molecule has 0 aliphatic rings. The average Bonchev–Trinajstić information content (AvgIpc) is 2.52. The normalized spacial score (nSPS) is 10.4. The Morgan fingerprint density at radius 2 is 2.50 bits per heavy atom. The molecule has 14 heavy (non-hydrogen) atoms. The molecule has 76 valence electrons. The van der Waals surface area contributed by atoms with Gasteiger partial charge in [-0.05, 0) is 31.3 Å². The van der Waals surface area contributed by atoms with E-state index in [2.05, 4.69) is 15.8 Å². The van der Waals surface area contributed by atoms with Crippen molar-refractivity contribution in [3.8, 4) is 0 Å². The molecule has 5 heteroatoms. The molecule has 2 N–H and O–H groups in total. The van der Waals surface area contributed by atoms with E-state index in [0.29, 0.717) is 5.11 Å². The van der Waals surface area contributed by atoms with E-state index in [1.165, 1.54) is 0 Å². The first kappa shape index (κ1) is 10.7. The van der Waals surface area contributed by atoms with Crippen molar-refractivity contribution in [1.82, 2.24) is 15.3 Å². The number of hydrogen-bond donors (Lipinski definition) is 2. The molecule has 1 aromatic heterocycles. The smallest absolute Gasteiger partial charge is 0.186 e. The van der Waals surface area contributed by atoms with Gasteiger partial charge in [-0.15, -0.1) is 0 Å². The zero-order chi connectivity index (χ0) is 10.4. The van der Waals surface area contributed by atoms with Crippen LogP contribution in [0.15, 0.2) is 23.4 Å². The minimum Gasteiger partial charge on any atom is -0.362 e. The van der Waals surface area contributed by atoms with Crippen LogP contribution in [0.3, 0.4) is 0 Å². The number of aromatic nitrogens is 1. The lowest BCUT2D eigenvalue weighted by Crippen LogP contribution is -2.31. The van der Waals surface area contributed by atoms with Crippen molar-refractivity contribution < 1.29 is 0 Å². The summed E-state index contributed by atoms with van der Waals surface area (Å²) in [4.78, 5) is 0. The lowest BCUT2D eigenvalue weighted by atomic mass is 10.5. The average molecular weight is 210 g/mol. The van der Waals surface area contributed by atoms with Gasteiger partial charge in [0.15, 0.2) is 5.11 Å². The lowest BCUT2D eigenvalue weighted by molar-refractivity contribution is 0.893. The van der Waals surface area contributed by atoms with Gasteiger partial charge < -0.3 is 9.88 Å². The van der Waals surface area contributed by atoms with Gasteiger partial charge in [0.25, 0.3) is 0 Å². The number of nitrogens with zero attached hydrogens (tertiary/aromatic N) is 2. The molecule has 0 atom stereocenters. The maximum Gasteiger partial charge on any atom is 0.186 e. The second-order valence-electron chi connectivity index (χ2n) is 2.77. The topological polar surface area (TPSA) is 41.4 Å². The monoisotopic (exact) mass is 210 g/mol. The molecule has 0 amide bonds. The van der Waals surface area contributed by atoms with Gasteiger partial charge in [-0.25, -0.2) is 0 Å². The highest BCUT2D eigenvalue weighted by Crippen LogP contribution is 1.94. The Morgan fingerprint density at radius 3 is 3.07 bits per heavy atom. The van der Waals surface area contributed by atoms with E-state index in [1.54, 1.807) is 6.21 Å². The fourth-order valence-electron chi connectivity index (χ4n) is 0.966. The molecule has 1 aromatic rings. The third kappa shape index (κ3) is 3.18. The maximum absolute atomic E-state index is 4.94. The Balaban J connectivity index is 2.42. The third-order valence-electron chi connectivity index (χ3n) is 1.68. The van der Waals surface area contributed by atoms with Crippen LogP contribution < -0.4 is 10.7 Å². The maximum atomic E-state index is 4.94. The van der Waals surface area contributed by atoms with E-state index >= 15 is 0 Å². The highest BCUT2D eigenvalue weighted by molar-refractivity contribution is 7.80. The largest absolute Gasteiger partial charge is 0.362 e. The number of thiocarbonyl (C=S) groups is 1. The lowest BCUT2D eigenvalue weighted by Gasteiger charge is -2.02. The Kier molecular flexibility index (Phi) is 4.12. The second kappa shape index (κ2) is 5.39. The number of nitrogens with one attached hydrogen (secondary N) is 2. The fraction of sp³-hybridized carbons (Fsp3) is 0.333. The Hall–Kier alpha value is -1.36. The van der Waals surface area contributed by atoms with Crippen molar-refractivity contribution >= 4 is 23.5 Å². The van der Waals surface area contributed by atoms with Crippen LogP contribution in [0.25, 0.3) is 0 Å². The van der Waals surface area contributed by atoms with E-state index in [1.807, 2.05) is 36.9 Å². The molecule has 0 spiro atoms. The van der Waals surface area contributed by atoms with Crippen LogP contribution in [0.1, 0.15) is 12.6 Å². The van der Waals surface area contributed by atoms with Crippen LogP contribution in [0, 0.1) is 0 Å². The van der Waals surface area contributed by atoms with Gasteiger partial charge in [-0.2, -0.15) is 5.10 Å². The molecule has 0 aliphatic heterocycles. The fourth-order valence-corrected chi connectivity index (χ4v) is 1.16. The van der Waals surface area contributed by atoms with Gasteiger partial charge in [0.05, 0.1) is 11.9 Å². The molecule has 0 radical (unpaired) electrons. The summed E-state index contributed by atoms with van der Waals surface area (Å²) in [5.74, 6) is 0. The third-order valence-corrected chi connectivity index (χ3v) is 1.92. The molecule has 0 aromatic carbocycles. The molecule has 0 unspecified atom stereocenters. The summed E-state index contributed by atoms with van der Waals surface area (Å²) in [6.45, 7) is 2.78. The van der Waals surface area contributed by atoms with Crippen LogP contribution in [-0.2, 0) is 7.05 Å². The summed E-state index contributed by atoms with van der Waals surface area (Å²) in [7, 11) is 1.96. The zero-order valence-corrected chi connectivity index (χ0v) is 9.14. The first-order valence-corrected chi connectivity index (χ1v) is 4.83. The van der Waals surface area contributed by atoms with Crippen molar-refractivity contribution in [3.63, 3.8) is 0 Å². The summed E-state index contributed by atoms with van der Waals surface area (Å²) in [5.41, 5.74) is 3.75. The van der Waals surface area contributed by atoms with Crippen molar-refractivity contribution in [2.24, 2.45) is 12.1 Å². The summed E-state index contributed by atoms with van der Waals surface area (Å²) < 4.78 is 1.97. The minimum absolute atomic E-state index is 0.540. The summed E-state index contributed by atoms with van der Waals surface area (Å²) in [6, 6.07) is 3.94. The molecule has 1 heterocycles. The van der Waals surface area contributed by atoms with Gasteiger partial charge in [0.1, 0.15) is 0 Å². The Labute approximate surface area is 89.0 Å². The highest BCUT2D eigenvalue weighted by atomic mass is 32.1.